The maximum atomic E-state index is 10.5. The first-order valence-electron chi connectivity index (χ1n) is 5.10. The summed E-state index contributed by atoms with van der Waals surface area (Å²) in [6.45, 7) is 3.79. The Hall–Kier alpha value is -1.62. The van der Waals surface area contributed by atoms with Crippen LogP contribution in [0.4, 0.5) is 0 Å². The number of pyridine rings is 1. The van der Waals surface area contributed by atoms with E-state index < -0.39 is 12.0 Å². The monoisotopic (exact) mass is 224 g/mol. The number of aliphatic carboxylic acids is 1. The third-order valence-electron chi connectivity index (χ3n) is 1.88. The van der Waals surface area contributed by atoms with Gasteiger partial charge in [0.15, 0.2) is 0 Å². The van der Waals surface area contributed by atoms with Gasteiger partial charge in [0.2, 0.25) is 5.88 Å². The molecular formula is C11H16N2O3. The largest absolute Gasteiger partial charge is 0.481 e. The van der Waals surface area contributed by atoms with Crippen LogP contribution in [0, 0.1) is 0 Å². The molecule has 1 heterocycles. The Kier molecular flexibility index (Phi) is 4.25. The SMILES string of the molecule is CC(C)Oc1cccc(C(N)CC(=O)O)n1. The molecule has 1 unspecified atom stereocenters. The zero-order chi connectivity index (χ0) is 12.1. The molecule has 0 amide bonds. The predicted molar refractivity (Wildman–Crippen MR) is 59.2 cm³/mol. The zero-order valence-electron chi connectivity index (χ0n) is 9.38. The second-order valence-electron chi connectivity index (χ2n) is 3.77. The number of ether oxygens (including phenoxy) is 1. The van der Waals surface area contributed by atoms with Gasteiger partial charge in [-0.05, 0) is 19.9 Å². The Morgan fingerprint density at radius 2 is 2.25 bits per heavy atom. The summed E-state index contributed by atoms with van der Waals surface area (Å²) in [6.07, 6.45) is -0.114. The number of carboxylic acids is 1. The normalized spacial score (nSPS) is 12.5. The molecule has 16 heavy (non-hydrogen) atoms. The van der Waals surface area contributed by atoms with E-state index in [0.29, 0.717) is 11.6 Å². The second-order valence-corrected chi connectivity index (χ2v) is 3.77. The van der Waals surface area contributed by atoms with Gasteiger partial charge in [-0.25, -0.2) is 4.98 Å². The first-order chi connectivity index (χ1) is 7.49. The fraction of sp³-hybridized carbons (Fsp3) is 0.455. The summed E-state index contributed by atoms with van der Waals surface area (Å²) < 4.78 is 5.40. The number of carboxylic acid groups (broad SMARTS) is 1. The molecule has 0 aliphatic heterocycles. The molecule has 3 N–H and O–H groups in total. The fourth-order valence-electron chi connectivity index (χ4n) is 1.24. The lowest BCUT2D eigenvalue weighted by atomic mass is 10.1. The van der Waals surface area contributed by atoms with Gasteiger partial charge in [0, 0.05) is 6.07 Å². The van der Waals surface area contributed by atoms with E-state index in [2.05, 4.69) is 4.98 Å². The van der Waals surface area contributed by atoms with Gasteiger partial charge in [-0.15, -0.1) is 0 Å². The molecule has 0 aromatic carbocycles. The van der Waals surface area contributed by atoms with Gasteiger partial charge in [0.05, 0.1) is 24.3 Å². The van der Waals surface area contributed by atoms with Crippen molar-refractivity contribution in [2.24, 2.45) is 5.73 Å². The van der Waals surface area contributed by atoms with Gasteiger partial charge in [0.25, 0.3) is 0 Å². The molecule has 0 aliphatic rings. The lowest BCUT2D eigenvalue weighted by Gasteiger charge is -2.12. The minimum atomic E-state index is -0.940. The van der Waals surface area contributed by atoms with Crippen LogP contribution in [0.1, 0.15) is 32.0 Å². The van der Waals surface area contributed by atoms with Crippen LogP contribution in [0.2, 0.25) is 0 Å². The first-order valence-corrected chi connectivity index (χ1v) is 5.10. The smallest absolute Gasteiger partial charge is 0.305 e. The Labute approximate surface area is 94.2 Å². The molecule has 0 radical (unpaired) electrons. The number of nitrogens with zero attached hydrogens (tertiary/aromatic N) is 1. The maximum absolute atomic E-state index is 10.5. The van der Waals surface area contributed by atoms with Crippen LogP contribution in [-0.2, 0) is 4.79 Å². The van der Waals surface area contributed by atoms with E-state index in [-0.39, 0.29) is 12.5 Å². The number of hydrogen-bond acceptors (Lipinski definition) is 4. The topological polar surface area (TPSA) is 85.4 Å². The highest BCUT2D eigenvalue weighted by molar-refractivity contribution is 5.67. The van der Waals surface area contributed by atoms with Crippen LogP contribution < -0.4 is 10.5 Å². The zero-order valence-corrected chi connectivity index (χ0v) is 9.38. The Morgan fingerprint density at radius 3 is 2.81 bits per heavy atom. The summed E-state index contributed by atoms with van der Waals surface area (Å²) in [4.78, 5) is 14.7. The number of nitrogens with two attached hydrogens (primary N) is 1. The molecule has 0 fully saturated rings. The van der Waals surface area contributed by atoms with Crippen LogP contribution >= 0.6 is 0 Å². The van der Waals surface area contributed by atoms with Gasteiger partial charge >= 0.3 is 5.97 Å². The molecule has 88 valence electrons. The van der Waals surface area contributed by atoms with E-state index in [1.807, 2.05) is 13.8 Å². The third kappa shape index (κ3) is 3.86. The molecule has 1 aromatic rings. The van der Waals surface area contributed by atoms with Crippen LogP contribution in [0.25, 0.3) is 0 Å². The first kappa shape index (κ1) is 12.4. The molecule has 0 saturated heterocycles. The van der Waals surface area contributed by atoms with Gasteiger partial charge in [0.1, 0.15) is 0 Å². The molecule has 5 heteroatoms. The van der Waals surface area contributed by atoms with E-state index in [1.165, 1.54) is 0 Å². The predicted octanol–water partition coefficient (Wildman–Crippen LogP) is 1.34. The standard InChI is InChI=1S/C11H16N2O3/c1-7(2)16-10-5-3-4-9(13-10)8(12)6-11(14)15/h3-5,7-8H,6,12H2,1-2H3,(H,14,15). The van der Waals surface area contributed by atoms with Crippen LogP contribution in [0.3, 0.4) is 0 Å². The van der Waals surface area contributed by atoms with Crippen molar-refractivity contribution in [1.82, 2.24) is 4.98 Å². The Balaban J connectivity index is 2.77. The lowest BCUT2D eigenvalue weighted by molar-refractivity contribution is -0.137. The molecule has 0 saturated carbocycles. The van der Waals surface area contributed by atoms with Crippen molar-refractivity contribution >= 4 is 5.97 Å². The summed E-state index contributed by atoms with van der Waals surface area (Å²) in [7, 11) is 0. The van der Waals surface area contributed by atoms with Crippen molar-refractivity contribution in [2.75, 3.05) is 0 Å². The fourth-order valence-corrected chi connectivity index (χ4v) is 1.24. The van der Waals surface area contributed by atoms with Gasteiger partial charge in [-0.1, -0.05) is 6.07 Å². The third-order valence-corrected chi connectivity index (χ3v) is 1.88. The van der Waals surface area contributed by atoms with Crippen molar-refractivity contribution in [3.8, 4) is 5.88 Å². The maximum Gasteiger partial charge on any atom is 0.305 e. The van der Waals surface area contributed by atoms with Crippen molar-refractivity contribution in [2.45, 2.75) is 32.4 Å². The van der Waals surface area contributed by atoms with Crippen LogP contribution in [-0.4, -0.2) is 22.2 Å². The summed E-state index contributed by atoms with van der Waals surface area (Å²) in [5, 5.41) is 8.62. The minimum Gasteiger partial charge on any atom is -0.481 e. The average molecular weight is 224 g/mol. The second kappa shape index (κ2) is 5.46. The summed E-state index contributed by atoms with van der Waals surface area (Å²) in [5.74, 6) is -0.474. The molecule has 0 bridgehead atoms. The number of rotatable bonds is 5. The molecule has 5 nitrogen and oxygen atoms in total. The summed E-state index contributed by atoms with van der Waals surface area (Å²) >= 11 is 0. The van der Waals surface area contributed by atoms with Gasteiger partial charge in [-0.2, -0.15) is 0 Å². The van der Waals surface area contributed by atoms with Crippen molar-refractivity contribution in [3.63, 3.8) is 0 Å². The number of carbonyl (C=O) groups is 1. The van der Waals surface area contributed by atoms with Crippen molar-refractivity contribution in [3.05, 3.63) is 23.9 Å². The molecule has 0 spiro atoms. The molecule has 1 atom stereocenters. The highest BCUT2D eigenvalue weighted by atomic mass is 16.5. The molecule has 1 aromatic heterocycles. The van der Waals surface area contributed by atoms with Crippen molar-refractivity contribution in [1.29, 1.82) is 0 Å². The molecular weight excluding hydrogens is 208 g/mol. The molecule has 1 rings (SSSR count). The highest BCUT2D eigenvalue weighted by Gasteiger charge is 2.12. The Bertz CT molecular complexity index is 366. The average Bonchev–Trinajstić information content (AvgIpc) is 2.16. The van der Waals surface area contributed by atoms with E-state index in [9.17, 15) is 4.79 Å². The quantitative estimate of drug-likeness (QED) is 0.788. The lowest BCUT2D eigenvalue weighted by Crippen LogP contribution is -2.17. The number of aromatic nitrogens is 1. The van der Waals surface area contributed by atoms with Crippen LogP contribution in [0.15, 0.2) is 18.2 Å². The summed E-state index contributed by atoms with van der Waals surface area (Å²) in [6, 6.07) is 4.56. The van der Waals surface area contributed by atoms with E-state index in [0.717, 1.165) is 0 Å². The van der Waals surface area contributed by atoms with Gasteiger partial charge in [-0.3, -0.25) is 4.79 Å². The highest BCUT2D eigenvalue weighted by Crippen LogP contribution is 2.16. The van der Waals surface area contributed by atoms with Gasteiger partial charge < -0.3 is 15.6 Å². The van der Waals surface area contributed by atoms with Crippen molar-refractivity contribution < 1.29 is 14.6 Å². The Morgan fingerprint density at radius 1 is 1.56 bits per heavy atom. The van der Waals surface area contributed by atoms with Crippen LogP contribution in [0.5, 0.6) is 5.88 Å². The minimum absolute atomic E-state index is 0.0263. The van der Waals surface area contributed by atoms with E-state index in [1.54, 1.807) is 18.2 Å². The van der Waals surface area contributed by atoms with E-state index >= 15 is 0 Å². The van der Waals surface area contributed by atoms with E-state index in [4.69, 9.17) is 15.6 Å². The molecule has 0 aliphatic carbocycles. The summed E-state index contributed by atoms with van der Waals surface area (Å²) in [5.41, 5.74) is 6.23. The number of hydrogen-bond donors (Lipinski definition) is 2.